The first-order chi connectivity index (χ1) is 9.20. The van der Waals surface area contributed by atoms with Gasteiger partial charge in [-0.2, -0.15) is 0 Å². The fraction of sp³-hybridized carbons (Fsp3) is 0.250. The molecule has 1 N–H and O–H groups in total. The van der Waals surface area contributed by atoms with Gasteiger partial charge in [-0.05, 0) is 45.6 Å². The van der Waals surface area contributed by atoms with Crippen molar-refractivity contribution in [3.63, 3.8) is 0 Å². The van der Waals surface area contributed by atoms with Crippen LogP contribution in [0.15, 0.2) is 53.0 Å². The Morgan fingerprint density at radius 3 is 2.53 bits per heavy atom. The Morgan fingerprint density at radius 2 is 1.89 bits per heavy atom. The standard InChI is InChI=1S/C16H17BrFN/c1-2-16(13-6-4-3-5-7-13)19-11-12-8-9-14(17)15(18)10-12/h3-10,16,19H,2,11H2,1H3. The van der Waals surface area contributed by atoms with Crippen molar-refractivity contribution in [2.75, 3.05) is 0 Å². The van der Waals surface area contributed by atoms with Gasteiger partial charge in [0.1, 0.15) is 5.82 Å². The van der Waals surface area contributed by atoms with Gasteiger partial charge in [-0.25, -0.2) is 4.39 Å². The lowest BCUT2D eigenvalue weighted by molar-refractivity contribution is 0.517. The van der Waals surface area contributed by atoms with Gasteiger partial charge in [0.25, 0.3) is 0 Å². The molecular weight excluding hydrogens is 305 g/mol. The zero-order valence-corrected chi connectivity index (χ0v) is 12.5. The maximum absolute atomic E-state index is 13.4. The molecule has 0 aliphatic carbocycles. The van der Waals surface area contributed by atoms with Gasteiger partial charge in [-0.1, -0.05) is 43.3 Å². The first-order valence-electron chi connectivity index (χ1n) is 6.43. The smallest absolute Gasteiger partial charge is 0.137 e. The lowest BCUT2D eigenvalue weighted by Crippen LogP contribution is -2.20. The second-order valence-electron chi connectivity index (χ2n) is 4.50. The van der Waals surface area contributed by atoms with E-state index in [9.17, 15) is 4.39 Å². The lowest BCUT2D eigenvalue weighted by Gasteiger charge is -2.17. The molecule has 0 bridgehead atoms. The molecule has 3 heteroatoms. The summed E-state index contributed by atoms with van der Waals surface area (Å²) in [5.41, 5.74) is 2.22. The normalized spacial score (nSPS) is 12.4. The van der Waals surface area contributed by atoms with Crippen LogP contribution in [0.25, 0.3) is 0 Å². The third kappa shape index (κ3) is 3.88. The first kappa shape index (κ1) is 14.2. The number of rotatable bonds is 5. The van der Waals surface area contributed by atoms with Gasteiger partial charge in [0.05, 0.1) is 4.47 Å². The SMILES string of the molecule is CCC(NCc1ccc(Br)c(F)c1)c1ccccc1. The van der Waals surface area contributed by atoms with Crippen molar-refractivity contribution >= 4 is 15.9 Å². The van der Waals surface area contributed by atoms with Gasteiger partial charge in [-0.3, -0.25) is 0 Å². The molecule has 0 aliphatic rings. The molecule has 100 valence electrons. The molecule has 0 heterocycles. The third-order valence-electron chi connectivity index (χ3n) is 3.15. The molecule has 2 aromatic carbocycles. The summed E-state index contributed by atoms with van der Waals surface area (Å²) >= 11 is 3.16. The predicted molar refractivity (Wildman–Crippen MR) is 80.4 cm³/mol. The molecular formula is C16H17BrFN. The summed E-state index contributed by atoms with van der Waals surface area (Å²) in [7, 11) is 0. The van der Waals surface area contributed by atoms with Crippen molar-refractivity contribution in [3.05, 3.63) is 69.9 Å². The quantitative estimate of drug-likeness (QED) is 0.831. The summed E-state index contributed by atoms with van der Waals surface area (Å²) in [6.07, 6.45) is 1.00. The summed E-state index contributed by atoms with van der Waals surface area (Å²) in [6.45, 7) is 2.81. The van der Waals surface area contributed by atoms with Crippen LogP contribution in [-0.4, -0.2) is 0 Å². The van der Waals surface area contributed by atoms with Crippen LogP contribution >= 0.6 is 15.9 Å². The van der Waals surface area contributed by atoms with Gasteiger partial charge in [0.2, 0.25) is 0 Å². The van der Waals surface area contributed by atoms with Crippen molar-refractivity contribution in [1.29, 1.82) is 0 Å². The van der Waals surface area contributed by atoms with Crippen molar-refractivity contribution in [3.8, 4) is 0 Å². The molecule has 0 saturated heterocycles. The minimum atomic E-state index is -0.216. The van der Waals surface area contributed by atoms with Gasteiger partial charge >= 0.3 is 0 Å². The molecule has 1 atom stereocenters. The van der Waals surface area contributed by atoms with Gasteiger partial charge in [0.15, 0.2) is 0 Å². The summed E-state index contributed by atoms with van der Waals surface area (Å²) in [5.74, 6) is -0.216. The average molecular weight is 322 g/mol. The van der Waals surface area contributed by atoms with Crippen LogP contribution < -0.4 is 5.32 Å². The van der Waals surface area contributed by atoms with Crippen LogP contribution in [0.3, 0.4) is 0 Å². The van der Waals surface area contributed by atoms with Crippen molar-refractivity contribution < 1.29 is 4.39 Å². The topological polar surface area (TPSA) is 12.0 Å². The van der Waals surface area contributed by atoms with Gasteiger partial charge in [-0.15, -0.1) is 0 Å². The minimum Gasteiger partial charge on any atom is -0.306 e. The molecule has 2 rings (SSSR count). The number of hydrogen-bond donors (Lipinski definition) is 1. The van der Waals surface area contributed by atoms with E-state index in [1.807, 2.05) is 24.3 Å². The highest BCUT2D eigenvalue weighted by molar-refractivity contribution is 9.10. The Morgan fingerprint density at radius 1 is 1.16 bits per heavy atom. The van der Waals surface area contributed by atoms with E-state index in [1.165, 1.54) is 5.56 Å². The molecule has 0 spiro atoms. The Hall–Kier alpha value is -1.19. The van der Waals surface area contributed by atoms with E-state index < -0.39 is 0 Å². The molecule has 0 amide bonds. The second kappa shape index (κ2) is 6.83. The highest BCUT2D eigenvalue weighted by Crippen LogP contribution is 2.19. The Labute approximate surface area is 122 Å². The Kier molecular flexibility index (Phi) is 5.11. The van der Waals surface area contributed by atoms with Gasteiger partial charge < -0.3 is 5.32 Å². The average Bonchev–Trinajstić information content (AvgIpc) is 2.44. The van der Waals surface area contributed by atoms with Crippen molar-refractivity contribution in [1.82, 2.24) is 5.32 Å². The molecule has 0 radical (unpaired) electrons. The van der Waals surface area contributed by atoms with Crippen LogP contribution in [0.2, 0.25) is 0 Å². The predicted octanol–water partition coefficient (Wildman–Crippen LogP) is 4.83. The molecule has 0 saturated carbocycles. The summed E-state index contributed by atoms with van der Waals surface area (Å²) in [4.78, 5) is 0. The Bertz CT molecular complexity index is 528. The first-order valence-corrected chi connectivity index (χ1v) is 7.22. The number of nitrogens with one attached hydrogen (secondary N) is 1. The van der Waals surface area contributed by atoms with Gasteiger partial charge in [0, 0.05) is 12.6 Å². The zero-order valence-electron chi connectivity index (χ0n) is 10.9. The van der Waals surface area contributed by atoms with E-state index in [2.05, 4.69) is 40.3 Å². The van der Waals surface area contributed by atoms with Crippen LogP contribution in [0.1, 0.15) is 30.5 Å². The molecule has 0 aromatic heterocycles. The summed E-state index contributed by atoms with van der Waals surface area (Å²) in [5, 5.41) is 3.47. The minimum absolute atomic E-state index is 0.216. The zero-order chi connectivity index (χ0) is 13.7. The van der Waals surface area contributed by atoms with Crippen LogP contribution in [0.4, 0.5) is 4.39 Å². The molecule has 19 heavy (non-hydrogen) atoms. The fourth-order valence-electron chi connectivity index (χ4n) is 2.07. The van der Waals surface area contributed by atoms with Crippen LogP contribution in [0.5, 0.6) is 0 Å². The number of benzene rings is 2. The van der Waals surface area contributed by atoms with E-state index in [1.54, 1.807) is 12.1 Å². The molecule has 1 nitrogen and oxygen atoms in total. The Balaban J connectivity index is 2.02. The third-order valence-corrected chi connectivity index (χ3v) is 3.79. The molecule has 0 fully saturated rings. The van der Waals surface area contributed by atoms with Crippen LogP contribution in [0, 0.1) is 5.82 Å². The second-order valence-corrected chi connectivity index (χ2v) is 5.36. The highest BCUT2D eigenvalue weighted by atomic mass is 79.9. The molecule has 2 aromatic rings. The monoisotopic (exact) mass is 321 g/mol. The van der Waals surface area contributed by atoms with E-state index in [0.29, 0.717) is 17.1 Å². The fourth-order valence-corrected chi connectivity index (χ4v) is 2.32. The van der Waals surface area contributed by atoms with E-state index in [-0.39, 0.29) is 5.82 Å². The number of hydrogen-bond acceptors (Lipinski definition) is 1. The maximum Gasteiger partial charge on any atom is 0.137 e. The van der Waals surface area contributed by atoms with Crippen LogP contribution in [-0.2, 0) is 6.54 Å². The summed E-state index contributed by atoms with van der Waals surface area (Å²) < 4.78 is 13.9. The largest absolute Gasteiger partial charge is 0.306 e. The molecule has 1 unspecified atom stereocenters. The summed E-state index contributed by atoms with van der Waals surface area (Å²) in [6, 6.07) is 15.9. The maximum atomic E-state index is 13.4. The van der Waals surface area contributed by atoms with Crippen molar-refractivity contribution in [2.24, 2.45) is 0 Å². The van der Waals surface area contributed by atoms with Crippen molar-refractivity contribution in [2.45, 2.75) is 25.9 Å². The lowest BCUT2D eigenvalue weighted by atomic mass is 10.0. The highest BCUT2D eigenvalue weighted by Gasteiger charge is 2.08. The number of halogens is 2. The molecule has 0 aliphatic heterocycles. The van der Waals surface area contributed by atoms with E-state index in [4.69, 9.17) is 0 Å². The van der Waals surface area contributed by atoms with E-state index >= 15 is 0 Å². The van der Waals surface area contributed by atoms with E-state index in [0.717, 1.165) is 12.0 Å².